The highest BCUT2D eigenvalue weighted by atomic mass is 32.2. The highest BCUT2D eigenvalue weighted by Crippen LogP contribution is 2.43. The molecule has 2 heterocycles. The van der Waals surface area contributed by atoms with Gasteiger partial charge in [-0.1, -0.05) is 12.1 Å². The minimum Gasteiger partial charge on any atom is -0.507 e. The topological polar surface area (TPSA) is 163 Å². The largest absolute Gasteiger partial charge is 0.507 e. The molecule has 43 heavy (non-hydrogen) atoms. The molecule has 4 rings (SSSR count). The average molecular weight is 613 g/mol. The van der Waals surface area contributed by atoms with Crippen LogP contribution in [0.4, 0.5) is 4.79 Å². The fourth-order valence-electron chi connectivity index (χ4n) is 4.75. The van der Waals surface area contributed by atoms with Gasteiger partial charge in [-0.15, -0.1) is 0 Å². The Morgan fingerprint density at radius 3 is 2.26 bits per heavy atom. The zero-order valence-electron chi connectivity index (χ0n) is 24.7. The Kier molecular flexibility index (Phi) is 11.0. The van der Waals surface area contributed by atoms with E-state index in [1.54, 1.807) is 6.08 Å². The number of imide groups is 1. The summed E-state index contributed by atoms with van der Waals surface area (Å²) in [5, 5.41) is 27.9. The van der Waals surface area contributed by atoms with Crippen LogP contribution in [0.5, 0.6) is 17.2 Å². The van der Waals surface area contributed by atoms with Crippen LogP contribution >= 0.6 is 11.8 Å². The second kappa shape index (κ2) is 14.3. The van der Waals surface area contributed by atoms with E-state index in [0.29, 0.717) is 29.4 Å². The van der Waals surface area contributed by atoms with E-state index in [9.17, 15) is 24.3 Å². The predicted octanol–water partition coefficient (Wildman–Crippen LogP) is 4.45. The van der Waals surface area contributed by atoms with E-state index in [2.05, 4.69) is 24.2 Å². The van der Waals surface area contributed by atoms with Crippen LogP contribution in [0.15, 0.2) is 41.3 Å². The Hall–Kier alpha value is -4.29. The van der Waals surface area contributed by atoms with Crippen molar-refractivity contribution < 1.29 is 44.0 Å². The summed E-state index contributed by atoms with van der Waals surface area (Å²) in [6, 6.07) is 7.44. The summed E-state index contributed by atoms with van der Waals surface area (Å²) in [6.45, 7) is 10.1. The molecule has 0 aromatic heterocycles. The van der Waals surface area contributed by atoms with Gasteiger partial charge in [0.1, 0.15) is 29.5 Å². The van der Waals surface area contributed by atoms with E-state index in [0.717, 1.165) is 77.0 Å². The maximum absolute atomic E-state index is 11.7. The van der Waals surface area contributed by atoms with Crippen molar-refractivity contribution in [2.75, 3.05) is 26.7 Å². The summed E-state index contributed by atoms with van der Waals surface area (Å²) in [6.07, 6.45) is 4.57. The number of aromatic hydroxyl groups is 1. The summed E-state index contributed by atoms with van der Waals surface area (Å²) < 4.78 is 12.4. The number of carbonyl (C=O) groups excluding carboxylic acids is 2. The number of amides is 2. The molecule has 2 aromatic carbocycles. The third kappa shape index (κ3) is 9.10. The fraction of sp³-hybridized carbons (Fsp3) is 0.355. The van der Waals surface area contributed by atoms with Gasteiger partial charge in [0.25, 0.3) is 11.1 Å². The number of ether oxygens (including phenoxy) is 2. The molecule has 2 aromatic rings. The van der Waals surface area contributed by atoms with Gasteiger partial charge in [-0.3, -0.25) is 19.8 Å². The molecular weight excluding hydrogens is 576 g/mol. The van der Waals surface area contributed by atoms with Gasteiger partial charge in [0.2, 0.25) is 0 Å². The Morgan fingerprint density at radius 1 is 1.07 bits per heavy atom. The van der Waals surface area contributed by atoms with Crippen molar-refractivity contribution in [2.45, 2.75) is 46.1 Å². The average Bonchev–Trinajstić information content (AvgIpc) is 3.26. The summed E-state index contributed by atoms with van der Waals surface area (Å²) in [7, 11) is 2.06. The molecule has 0 radical (unpaired) electrons. The molecule has 1 atom stereocenters. The lowest BCUT2D eigenvalue weighted by Gasteiger charge is -2.40. The van der Waals surface area contributed by atoms with E-state index in [4.69, 9.17) is 19.7 Å². The zero-order chi connectivity index (χ0) is 31.9. The van der Waals surface area contributed by atoms with Gasteiger partial charge in [-0.25, -0.2) is 9.59 Å². The number of rotatable bonds is 9. The maximum atomic E-state index is 11.7. The summed E-state index contributed by atoms with van der Waals surface area (Å²) >= 11 is 0.906. The Morgan fingerprint density at radius 2 is 1.70 bits per heavy atom. The highest BCUT2D eigenvalue weighted by Gasteiger charge is 2.35. The second-order valence-electron chi connectivity index (χ2n) is 10.6. The first kappa shape index (κ1) is 33.2. The van der Waals surface area contributed by atoms with Crippen molar-refractivity contribution in [3.63, 3.8) is 0 Å². The molecule has 2 amide bonds. The van der Waals surface area contributed by atoms with Gasteiger partial charge in [0.15, 0.2) is 0 Å². The van der Waals surface area contributed by atoms with Gasteiger partial charge in [0, 0.05) is 30.8 Å². The number of carboxylic acid groups (broad SMARTS) is 2. The molecule has 12 heteroatoms. The number of aliphatic carboxylic acids is 2. The van der Waals surface area contributed by atoms with Crippen LogP contribution < -0.4 is 14.8 Å². The molecule has 1 saturated heterocycles. The SMILES string of the molecule is Cc1c(C)c2c(c(C)c1O)CCC(C)(CN(C)CCOc1ccc(/C=C3\SC(=O)NC3=O)cc1)O2.O=C(O)/C=C\C(=O)O. The Bertz CT molecular complexity index is 1450. The minimum absolute atomic E-state index is 0.316. The number of likely N-dealkylation sites (N-methyl/N-ethyl adjacent to an activating group) is 1. The van der Waals surface area contributed by atoms with Crippen LogP contribution in [-0.4, -0.2) is 75.6 Å². The number of carbonyl (C=O) groups is 4. The third-order valence-corrected chi connectivity index (χ3v) is 7.94. The van der Waals surface area contributed by atoms with Crippen molar-refractivity contribution in [1.82, 2.24) is 10.2 Å². The van der Waals surface area contributed by atoms with Crippen LogP contribution in [0.25, 0.3) is 6.08 Å². The van der Waals surface area contributed by atoms with E-state index >= 15 is 0 Å². The van der Waals surface area contributed by atoms with Gasteiger partial charge in [-0.2, -0.15) is 0 Å². The lowest BCUT2D eigenvalue weighted by Crippen LogP contribution is -2.47. The number of benzene rings is 2. The van der Waals surface area contributed by atoms with Gasteiger partial charge >= 0.3 is 11.9 Å². The molecule has 2 aliphatic heterocycles. The highest BCUT2D eigenvalue weighted by molar-refractivity contribution is 8.18. The smallest absolute Gasteiger partial charge is 0.328 e. The first-order valence-corrected chi connectivity index (χ1v) is 14.3. The first-order chi connectivity index (χ1) is 20.2. The first-order valence-electron chi connectivity index (χ1n) is 13.5. The van der Waals surface area contributed by atoms with Crippen LogP contribution in [0.3, 0.4) is 0 Å². The maximum Gasteiger partial charge on any atom is 0.328 e. The standard InChI is InChI=1S/C27H32N2O5S.C4H4O4/c1-16-17(2)24-21(18(3)23(16)30)10-11-27(4,34-24)15-29(5)12-13-33-20-8-6-19(7-9-20)14-22-25(31)28-26(32)35-22;5-3(6)1-2-4(7)8/h6-9,14,30H,10-13,15H2,1-5H3,(H,28,31,32);1-2H,(H,5,6)(H,7,8)/b22-14-;2-1-. The van der Waals surface area contributed by atoms with Crippen molar-refractivity contribution in [3.8, 4) is 17.2 Å². The number of hydrogen-bond acceptors (Lipinski definition) is 9. The van der Waals surface area contributed by atoms with Crippen LogP contribution in [0.1, 0.15) is 41.2 Å². The Balaban J connectivity index is 0.000000557. The van der Waals surface area contributed by atoms with Crippen LogP contribution in [0.2, 0.25) is 0 Å². The van der Waals surface area contributed by atoms with Gasteiger partial charge < -0.3 is 24.8 Å². The van der Waals surface area contributed by atoms with E-state index in [1.807, 2.05) is 45.0 Å². The lowest BCUT2D eigenvalue weighted by molar-refractivity contribution is -0.134. The molecular formula is C31H36N2O9S. The monoisotopic (exact) mass is 612 g/mol. The Labute approximate surface area is 254 Å². The van der Waals surface area contributed by atoms with Gasteiger partial charge in [-0.05, 0) is 99.8 Å². The van der Waals surface area contributed by atoms with E-state index in [1.165, 1.54) is 0 Å². The fourth-order valence-corrected chi connectivity index (χ4v) is 5.43. The number of phenols is 1. The van der Waals surface area contributed by atoms with Crippen molar-refractivity contribution >= 4 is 40.9 Å². The third-order valence-electron chi connectivity index (χ3n) is 7.13. The number of nitrogens with one attached hydrogen (secondary N) is 1. The van der Waals surface area contributed by atoms with Crippen LogP contribution in [-0.2, 0) is 20.8 Å². The molecule has 11 nitrogen and oxygen atoms in total. The molecule has 1 fully saturated rings. The molecule has 4 N–H and O–H groups in total. The number of hydrogen-bond donors (Lipinski definition) is 4. The molecule has 2 aliphatic rings. The molecule has 0 saturated carbocycles. The normalized spacial score (nSPS) is 18.6. The summed E-state index contributed by atoms with van der Waals surface area (Å²) in [5.74, 6) is -0.828. The van der Waals surface area contributed by atoms with Crippen molar-refractivity contribution in [3.05, 3.63) is 69.1 Å². The number of fused-ring (bicyclic) bond motifs is 1. The quantitative estimate of drug-likeness (QED) is 0.296. The van der Waals surface area contributed by atoms with Crippen molar-refractivity contribution in [1.29, 1.82) is 0 Å². The lowest BCUT2D eigenvalue weighted by atomic mass is 9.87. The summed E-state index contributed by atoms with van der Waals surface area (Å²) in [4.78, 5) is 44.7. The summed E-state index contributed by atoms with van der Waals surface area (Å²) in [5.41, 5.74) is 4.45. The molecule has 1 unspecified atom stereocenters. The van der Waals surface area contributed by atoms with Crippen molar-refractivity contribution in [2.24, 2.45) is 0 Å². The molecule has 0 spiro atoms. The molecule has 230 valence electrons. The number of nitrogens with zero attached hydrogens (tertiary/aromatic N) is 1. The zero-order valence-corrected chi connectivity index (χ0v) is 25.5. The van der Waals surface area contributed by atoms with E-state index in [-0.39, 0.29) is 16.7 Å². The molecule has 0 bridgehead atoms. The number of thioether (sulfide) groups is 1. The van der Waals surface area contributed by atoms with Gasteiger partial charge in [0.05, 0.1) is 4.91 Å². The predicted molar refractivity (Wildman–Crippen MR) is 163 cm³/mol. The van der Waals surface area contributed by atoms with Crippen LogP contribution in [0, 0.1) is 20.8 Å². The number of phenolic OH excluding ortho intramolecular Hbond substituents is 1. The van der Waals surface area contributed by atoms with E-state index < -0.39 is 11.9 Å². The second-order valence-corrected chi connectivity index (χ2v) is 11.6. The number of carboxylic acids is 2. The molecule has 0 aliphatic carbocycles. The minimum atomic E-state index is -1.26.